The summed E-state index contributed by atoms with van der Waals surface area (Å²) in [5.41, 5.74) is 1.36. The fourth-order valence-corrected chi connectivity index (χ4v) is 2.50. The van der Waals surface area contributed by atoms with Crippen LogP contribution in [0.1, 0.15) is 31.7 Å². The number of para-hydroxylation sites is 1. The first-order valence-electron chi connectivity index (χ1n) is 6.23. The Morgan fingerprint density at radius 1 is 1.31 bits per heavy atom. The predicted molar refractivity (Wildman–Crippen MR) is 67.0 cm³/mol. The van der Waals surface area contributed by atoms with E-state index < -0.39 is 0 Å². The Hall–Kier alpha value is -1.02. The molecule has 1 aromatic rings. The van der Waals surface area contributed by atoms with Crippen LogP contribution < -0.4 is 10.1 Å². The lowest BCUT2D eigenvalue weighted by Crippen LogP contribution is -2.33. The average molecular weight is 219 g/mol. The molecule has 0 amide bonds. The summed E-state index contributed by atoms with van der Waals surface area (Å²) in [4.78, 5) is 0. The zero-order chi connectivity index (χ0) is 11.4. The highest BCUT2D eigenvalue weighted by Crippen LogP contribution is 2.32. The monoisotopic (exact) mass is 219 g/mol. The number of hydrogen-bond acceptors (Lipinski definition) is 2. The molecule has 1 aliphatic rings. The molecule has 1 N–H and O–H groups in total. The molecule has 1 heterocycles. The molecule has 2 atom stereocenters. The molecule has 1 saturated heterocycles. The third-order valence-corrected chi connectivity index (χ3v) is 3.23. The minimum Gasteiger partial charge on any atom is -0.494 e. The summed E-state index contributed by atoms with van der Waals surface area (Å²) in [5, 5.41) is 3.50. The van der Waals surface area contributed by atoms with Gasteiger partial charge in [-0.3, -0.25) is 0 Å². The van der Waals surface area contributed by atoms with Gasteiger partial charge in [0.25, 0.3) is 0 Å². The maximum atomic E-state index is 5.70. The number of rotatable bonds is 3. The van der Waals surface area contributed by atoms with E-state index in [-0.39, 0.29) is 0 Å². The fraction of sp³-hybridized carbons (Fsp3) is 0.571. The smallest absolute Gasteiger partial charge is 0.122 e. The molecular formula is C14H21NO. The Kier molecular flexibility index (Phi) is 3.83. The van der Waals surface area contributed by atoms with E-state index in [1.807, 2.05) is 13.0 Å². The molecule has 1 fully saturated rings. The minimum atomic E-state index is 0.603. The summed E-state index contributed by atoms with van der Waals surface area (Å²) < 4.78 is 5.70. The largest absolute Gasteiger partial charge is 0.494 e. The molecule has 2 rings (SSSR count). The van der Waals surface area contributed by atoms with Gasteiger partial charge in [-0.15, -0.1) is 0 Å². The van der Waals surface area contributed by atoms with E-state index in [9.17, 15) is 0 Å². The van der Waals surface area contributed by atoms with Crippen LogP contribution in [0.5, 0.6) is 5.75 Å². The Morgan fingerprint density at radius 2 is 2.12 bits per heavy atom. The molecule has 2 heteroatoms. The highest BCUT2D eigenvalue weighted by Gasteiger charge is 2.22. The van der Waals surface area contributed by atoms with E-state index in [1.165, 1.54) is 12.0 Å². The van der Waals surface area contributed by atoms with Crippen molar-refractivity contribution in [2.24, 2.45) is 5.92 Å². The van der Waals surface area contributed by atoms with Crippen molar-refractivity contribution in [1.29, 1.82) is 0 Å². The standard InChI is InChI=1S/C14H21NO/c1-3-16-14-7-5-4-6-13(14)12-8-11(2)9-15-10-12/h4-7,11-12,15H,3,8-10H2,1-2H3. The maximum Gasteiger partial charge on any atom is 0.122 e. The second-order valence-electron chi connectivity index (χ2n) is 4.67. The number of benzene rings is 1. The van der Waals surface area contributed by atoms with Gasteiger partial charge in [0.05, 0.1) is 6.61 Å². The Morgan fingerprint density at radius 3 is 2.88 bits per heavy atom. The number of nitrogens with one attached hydrogen (secondary N) is 1. The fourth-order valence-electron chi connectivity index (χ4n) is 2.50. The summed E-state index contributed by atoms with van der Waals surface area (Å²) in [6.07, 6.45) is 1.26. The van der Waals surface area contributed by atoms with Crippen LogP contribution in [0.25, 0.3) is 0 Å². The first kappa shape index (κ1) is 11.5. The zero-order valence-corrected chi connectivity index (χ0v) is 10.2. The Bertz CT molecular complexity index is 337. The molecule has 88 valence electrons. The molecule has 0 bridgehead atoms. The van der Waals surface area contributed by atoms with Crippen molar-refractivity contribution in [3.8, 4) is 5.75 Å². The van der Waals surface area contributed by atoms with Gasteiger partial charge >= 0.3 is 0 Å². The van der Waals surface area contributed by atoms with Crippen LogP contribution in [0.4, 0.5) is 0 Å². The number of ether oxygens (including phenoxy) is 1. The van der Waals surface area contributed by atoms with Crippen LogP contribution in [-0.2, 0) is 0 Å². The van der Waals surface area contributed by atoms with Gasteiger partial charge in [-0.2, -0.15) is 0 Å². The summed E-state index contributed by atoms with van der Waals surface area (Å²) in [5.74, 6) is 2.42. The van der Waals surface area contributed by atoms with Gasteiger partial charge in [0.2, 0.25) is 0 Å². The zero-order valence-electron chi connectivity index (χ0n) is 10.2. The van der Waals surface area contributed by atoms with E-state index in [1.54, 1.807) is 0 Å². The van der Waals surface area contributed by atoms with Gasteiger partial charge < -0.3 is 10.1 Å². The number of piperidine rings is 1. The first-order chi connectivity index (χ1) is 7.81. The predicted octanol–water partition coefficient (Wildman–Crippen LogP) is 2.80. The molecule has 16 heavy (non-hydrogen) atoms. The van der Waals surface area contributed by atoms with Crippen molar-refractivity contribution in [2.75, 3.05) is 19.7 Å². The maximum absolute atomic E-state index is 5.70. The van der Waals surface area contributed by atoms with E-state index in [2.05, 4.69) is 30.4 Å². The molecule has 2 unspecified atom stereocenters. The van der Waals surface area contributed by atoms with Crippen LogP contribution in [-0.4, -0.2) is 19.7 Å². The van der Waals surface area contributed by atoms with E-state index in [4.69, 9.17) is 4.74 Å². The van der Waals surface area contributed by atoms with Gasteiger partial charge in [0, 0.05) is 12.5 Å². The van der Waals surface area contributed by atoms with Gasteiger partial charge in [-0.1, -0.05) is 25.1 Å². The van der Waals surface area contributed by atoms with Crippen LogP contribution in [0.3, 0.4) is 0 Å². The average Bonchev–Trinajstić information content (AvgIpc) is 2.30. The highest BCUT2D eigenvalue weighted by molar-refractivity contribution is 5.36. The Balaban J connectivity index is 2.17. The summed E-state index contributed by atoms with van der Waals surface area (Å²) >= 11 is 0. The molecule has 0 spiro atoms. The lowest BCUT2D eigenvalue weighted by atomic mass is 9.86. The van der Waals surface area contributed by atoms with Crippen LogP contribution in [0.2, 0.25) is 0 Å². The summed E-state index contributed by atoms with van der Waals surface area (Å²) in [7, 11) is 0. The summed E-state index contributed by atoms with van der Waals surface area (Å²) in [6, 6.07) is 8.44. The highest BCUT2D eigenvalue weighted by atomic mass is 16.5. The third kappa shape index (κ3) is 2.56. The van der Waals surface area contributed by atoms with Crippen molar-refractivity contribution in [1.82, 2.24) is 5.32 Å². The van der Waals surface area contributed by atoms with Gasteiger partial charge in [-0.05, 0) is 37.4 Å². The first-order valence-corrected chi connectivity index (χ1v) is 6.23. The summed E-state index contributed by atoms with van der Waals surface area (Å²) in [6.45, 7) is 7.31. The SMILES string of the molecule is CCOc1ccccc1C1CNCC(C)C1. The number of hydrogen-bond donors (Lipinski definition) is 1. The van der Waals surface area contributed by atoms with Crippen LogP contribution in [0.15, 0.2) is 24.3 Å². The quantitative estimate of drug-likeness (QED) is 0.844. The Labute approximate surface area is 98.0 Å². The minimum absolute atomic E-state index is 0.603. The molecule has 0 aromatic heterocycles. The topological polar surface area (TPSA) is 21.3 Å². The normalized spacial score (nSPS) is 25.4. The molecule has 1 aliphatic heterocycles. The third-order valence-electron chi connectivity index (χ3n) is 3.23. The van der Waals surface area contributed by atoms with E-state index in [0.717, 1.165) is 31.4 Å². The van der Waals surface area contributed by atoms with Crippen molar-refractivity contribution in [3.05, 3.63) is 29.8 Å². The van der Waals surface area contributed by atoms with Gasteiger partial charge in [0.1, 0.15) is 5.75 Å². The van der Waals surface area contributed by atoms with Crippen molar-refractivity contribution < 1.29 is 4.74 Å². The van der Waals surface area contributed by atoms with Crippen molar-refractivity contribution >= 4 is 0 Å². The van der Waals surface area contributed by atoms with Crippen molar-refractivity contribution in [2.45, 2.75) is 26.2 Å². The molecular weight excluding hydrogens is 198 g/mol. The van der Waals surface area contributed by atoms with Gasteiger partial charge in [0.15, 0.2) is 0 Å². The molecule has 2 nitrogen and oxygen atoms in total. The van der Waals surface area contributed by atoms with Crippen LogP contribution >= 0.6 is 0 Å². The molecule has 0 saturated carbocycles. The van der Waals surface area contributed by atoms with Gasteiger partial charge in [-0.25, -0.2) is 0 Å². The molecule has 1 aromatic carbocycles. The molecule has 0 aliphatic carbocycles. The van der Waals surface area contributed by atoms with E-state index in [0.29, 0.717) is 5.92 Å². The second kappa shape index (κ2) is 5.35. The lowest BCUT2D eigenvalue weighted by Gasteiger charge is -2.29. The molecule has 0 radical (unpaired) electrons. The van der Waals surface area contributed by atoms with Crippen molar-refractivity contribution in [3.63, 3.8) is 0 Å². The van der Waals surface area contributed by atoms with Crippen LogP contribution in [0, 0.1) is 5.92 Å². The lowest BCUT2D eigenvalue weighted by molar-refractivity contribution is 0.319. The second-order valence-corrected chi connectivity index (χ2v) is 4.67. The van der Waals surface area contributed by atoms with E-state index >= 15 is 0 Å².